The molecule has 0 aliphatic heterocycles. The number of amides is 2. The van der Waals surface area contributed by atoms with E-state index in [0.29, 0.717) is 9.88 Å². The summed E-state index contributed by atoms with van der Waals surface area (Å²) in [6, 6.07) is 14.6. The van der Waals surface area contributed by atoms with Crippen molar-refractivity contribution in [2.24, 2.45) is 0 Å². The minimum absolute atomic E-state index is 0.0286. The molecule has 2 aromatic carbocycles. The summed E-state index contributed by atoms with van der Waals surface area (Å²) in [5.41, 5.74) is 1.70. The zero-order chi connectivity index (χ0) is 19.6. The number of nitrogens with one attached hydrogen (secondary N) is 1. The van der Waals surface area contributed by atoms with E-state index in [0.717, 1.165) is 17.3 Å². The Bertz CT molecular complexity index is 1000. The number of hydrogen-bond acceptors (Lipinski definition) is 3. The van der Waals surface area contributed by atoms with E-state index in [1.807, 2.05) is 37.3 Å². The van der Waals surface area contributed by atoms with Gasteiger partial charge in [0.15, 0.2) is 0 Å². The van der Waals surface area contributed by atoms with Crippen LogP contribution in [-0.4, -0.2) is 18.9 Å². The minimum atomic E-state index is -0.514. The van der Waals surface area contributed by atoms with Gasteiger partial charge in [0.05, 0.1) is 20.5 Å². The standard InChI is InChI=1S/C20H16ClFN2O2S/c1-12-10-17(23-19(25)15-9-8-13(22)11-16(15)21)27-18(12)20(26)24(2)14-6-4-3-5-7-14/h3-11H,1-2H3,(H,23,25). The predicted molar refractivity (Wildman–Crippen MR) is 108 cm³/mol. The van der Waals surface area contributed by atoms with Crippen LogP contribution in [0.15, 0.2) is 54.6 Å². The Balaban J connectivity index is 1.80. The first kappa shape index (κ1) is 19.1. The Kier molecular flexibility index (Phi) is 5.58. The number of nitrogens with zero attached hydrogens (tertiary/aromatic N) is 1. The van der Waals surface area contributed by atoms with Crippen LogP contribution in [0.2, 0.25) is 5.02 Å². The number of hydrogen-bond donors (Lipinski definition) is 1. The van der Waals surface area contributed by atoms with Gasteiger partial charge < -0.3 is 10.2 Å². The highest BCUT2D eigenvalue weighted by atomic mass is 35.5. The first-order chi connectivity index (χ1) is 12.9. The fourth-order valence-corrected chi connectivity index (χ4v) is 3.83. The summed E-state index contributed by atoms with van der Waals surface area (Å²) >= 11 is 7.11. The summed E-state index contributed by atoms with van der Waals surface area (Å²) in [7, 11) is 1.70. The van der Waals surface area contributed by atoms with Gasteiger partial charge in [0.2, 0.25) is 0 Å². The van der Waals surface area contributed by atoms with Crippen LogP contribution in [0.1, 0.15) is 25.6 Å². The van der Waals surface area contributed by atoms with E-state index >= 15 is 0 Å². The average molecular weight is 403 g/mol. The summed E-state index contributed by atoms with van der Waals surface area (Å²) in [6.07, 6.45) is 0. The SMILES string of the molecule is Cc1cc(NC(=O)c2ccc(F)cc2Cl)sc1C(=O)N(C)c1ccccc1. The highest BCUT2D eigenvalue weighted by molar-refractivity contribution is 7.18. The van der Waals surface area contributed by atoms with Crippen LogP contribution in [0.5, 0.6) is 0 Å². The molecule has 0 fully saturated rings. The smallest absolute Gasteiger partial charge is 0.268 e. The molecule has 1 N–H and O–H groups in total. The molecule has 0 aliphatic rings. The molecule has 3 aromatic rings. The number of thiophene rings is 1. The molecule has 0 atom stereocenters. The van der Waals surface area contributed by atoms with E-state index in [1.165, 1.54) is 23.5 Å². The highest BCUT2D eigenvalue weighted by Gasteiger charge is 2.20. The second-order valence-corrected chi connectivity index (χ2v) is 7.36. The molecular formula is C20H16ClFN2O2S. The number of carbonyl (C=O) groups excluding carboxylic acids is 2. The van der Waals surface area contributed by atoms with E-state index in [9.17, 15) is 14.0 Å². The van der Waals surface area contributed by atoms with Crippen LogP contribution in [0.25, 0.3) is 0 Å². The molecule has 1 aromatic heterocycles. The lowest BCUT2D eigenvalue weighted by molar-refractivity contribution is 0.0994. The zero-order valence-corrected chi connectivity index (χ0v) is 16.2. The van der Waals surface area contributed by atoms with Crippen LogP contribution in [0.4, 0.5) is 15.1 Å². The van der Waals surface area contributed by atoms with Gasteiger partial charge >= 0.3 is 0 Å². The molecule has 2 amide bonds. The molecule has 7 heteroatoms. The maximum atomic E-state index is 13.1. The van der Waals surface area contributed by atoms with Gasteiger partial charge in [-0.05, 0) is 48.9 Å². The van der Waals surface area contributed by atoms with Gasteiger partial charge in [-0.25, -0.2) is 4.39 Å². The van der Waals surface area contributed by atoms with Crippen molar-refractivity contribution < 1.29 is 14.0 Å². The zero-order valence-electron chi connectivity index (χ0n) is 14.6. The molecule has 138 valence electrons. The van der Waals surface area contributed by atoms with E-state index < -0.39 is 11.7 Å². The molecule has 0 radical (unpaired) electrons. The molecule has 0 aliphatic carbocycles. The van der Waals surface area contributed by atoms with E-state index in [4.69, 9.17) is 11.6 Å². The third-order valence-corrected chi connectivity index (χ3v) is 5.43. The summed E-state index contributed by atoms with van der Waals surface area (Å²) in [5.74, 6) is -1.14. The predicted octanol–water partition coefficient (Wildman–Crippen LogP) is 5.38. The Morgan fingerprint density at radius 1 is 1.11 bits per heavy atom. The maximum absolute atomic E-state index is 13.1. The van der Waals surface area contributed by atoms with Crippen molar-refractivity contribution in [2.45, 2.75) is 6.92 Å². The summed E-state index contributed by atoms with van der Waals surface area (Å²) in [4.78, 5) is 27.3. The first-order valence-corrected chi connectivity index (χ1v) is 9.26. The van der Waals surface area contributed by atoms with Gasteiger partial charge in [-0.3, -0.25) is 9.59 Å². The van der Waals surface area contributed by atoms with Crippen LogP contribution < -0.4 is 10.2 Å². The second kappa shape index (κ2) is 7.90. The molecule has 0 spiro atoms. The van der Waals surface area contributed by atoms with Crippen molar-refractivity contribution in [3.63, 3.8) is 0 Å². The molecule has 1 heterocycles. The summed E-state index contributed by atoms with van der Waals surface area (Å²) < 4.78 is 13.1. The maximum Gasteiger partial charge on any atom is 0.268 e. The first-order valence-electron chi connectivity index (χ1n) is 8.06. The lowest BCUT2D eigenvalue weighted by Gasteiger charge is -2.16. The van der Waals surface area contributed by atoms with Crippen LogP contribution >= 0.6 is 22.9 Å². The van der Waals surface area contributed by atoms with Crippen LogP contribution in [0.3, 0.4) is 0 Å². The monoisotopic (exact) mass is 402 g/mol. The molecule has 0 bridgehead atoms. The number of aryl methyl sites for hydroxylation is 1. The van der Waals surface area contributed by atoms with E-state index in [-0.39, 0.29) is 16.5 Å². The molecule has 0 unspecified atom stereocenters. The second-order valence-electron chi connectivity index (χ2n) is 5.90. The number of benzene rings is 2. The lowest BCUT2D eigenvalue weighted by atomic mass is 10.2. The lowest BCUT2D eigenvalue weighted by Crippen LogP contribution is -2.25. The quantitative estimate of drug-likeness (QED) is 0.637. The van der Waals surface area contributed by atoms with Crippen molar-refractivity contribution in [2.75, 3.05) is 17.3 Å². The van der Waals surface area contributed by atoms with E-state index in [2.05, 4.69) is 5.32 Å². The third kappa shape index (κ3) is 4.18. The Morgan fingerprint density at radius 2 is 1.81 bits per heavy atom. The molecule has 4 nitrogen and oxygen atoms in total. The largest absolute Gasteiger partial charge is 0.313 e. The van der Waals surface area contributed by atoms with Crippen molar-refractivity contribution in [3.8, 4) is 0 Å². The van der Waals surface area contributed by atoms with Gasteiger partial charge in [-0.1, -0.05) is 29.8 Å². The van der Waals surface area contributed by atoms with Crippen molar-refractivity contribution >= 4 is 45.4 Å². The van der Waals surface area contributed by atoms with Crippen molar-refractivity contribution in [1.82, 2.24) is 0 Å². The van der Waals surface area contributed by atoms with E-state index in [1.54, 1.807) is 18.0 Å². The Hall–Kier alpha value is -2.70. The molecular weight excluding hydrogens is 387 g/mol. The number of rotatable bonds is 4. The van der Waals surface area contributed by atoms with Crippen LogP contribution in [0, 0.1) is 12.7 Å². The Morgan fingerprint density at radius 3 is 2.48 bits per heavy atom. The average Bonchev–Trinajstić information content (AvgIpc) is 3.01. The van der Waals surface area contributed by atoms with Gasteiger partial charge in [0, 0.05) is 12.7 Å². The normalized spacial score (nSPS) is 10.5. The Labute approximate surface area is 165 Å². The highest BCUT2D eigenvalue weighted by Crippen LogP contribution is 2.30. The van der Waals surface area contributed by atoms with Gasteiger partial charge in [-0.2, -0.15) is 0 Å². The summed E-state index contributed by atoms with van der Waals surface area (Å²) in [5, 5.41) is 3.26. The topological polar surface area (TPSA) is 49.4 Å². The van der Waals surface area contributed by atoms with Crippen molar-refractivity contribution in [3.05, 3.63) is 81.4 Å². The molecule has 0 saturated carbocycles. The van der Waals surface area contributed by atoms with Gasteiger partial charge in [0.25, 0.3) is 11.8 Å². The molecule has 3 rings (SSSR count). The molecule has 0 saturated heterocycles. The fourth-order valence-electron chi connectivity index (χ4n) is 2.53. The number of para-hydroxylation sites is 1. The van der Waals surface area contributed by atoms with Crippen molar-refractivity contribution in [1.29, 1.82) is 0 Å². The van der Waals surface area contributed by atoms with Gasteiger partial charge in [0.1, 0.15) is 5.82 Å². The minimum Gasteiger partial charge on any atom is -0.313 e. The molecule has 27 heavy (non-hydrogen) atoms. The van der Waals surface area contributed by atoms with Crippen LogP contribution in [-0.2, 0) is 0 Å². The van der Waals surface area contributed by atoms with Gasteiger partial charge in [-0.15, -0.1) is 11.3 Å². The number of halogens is 2. The number of anilines is 2. The summed E-state index contributed by atoms with van der Waals surface area (Å²) in [6.45, 7) is 1.81. The third-order valence-electron chi connectivity index (χ3n) is 3.97. The number of carbonyl (C=O) groups is 2. The fraction of sp³-hybridized carbons (Fsp3) is 0.100.